The van der Waals surface area contributed by atoms with Crippen LogP contribution in [0.1, 0.15) is 28.9 Å². The van der Waals surface area contributed by atoms with E-state index in [2.05, 4.69) is 5.32 Å². The summed E-state index contributed by atoms with van der Waals surface area (Å²) in [5.41, 5.74) is 0.889. The maximum Gasteiger partial charge on any atom is 0.335 e. The third-order valence-corrected chi connectivity index (χ3v) is 5.69. The van der Waals surface area contributed by atoms with Crippen LogP contribution in [-0.2, 0) is 10.0 Å². The number of halogens is 1. The zero-order chi connectivity index (χ0) is 19.8. The molecule has 0 aliphatic carbocycles. The molecule has 0 spiro atoms. The lowest BCUT2D eigenvalue weighted by atomic mass is 10.0. The number of carboxylic acids is 1. The van der Waals surface area contributed by atoms with Gasteiger partial charge in [-0.1, -0.05) is 48.0 Å². The fraction of sp³-hybridized carbons (Fsp3) is 0.105. The Kier molecular flexibility index (Phi) is 5.10. The van der Waals surface area contributed by atoms with E-state index in [1.165, 1.54) is 6.07 Å². The molecule has 0 radical (unpaired) electrons. The number of benzene rings is 3. The van der Waals surface area contributed by atoms with Gasteiger partial charge >= 0.3 is 5.97 Å². The average Bonchev–Trinajstić information content (AvgIpc) is 2.61. The number of carboxylic acid groups (broad SMARTS) is 1. The van der Waals surface area contributed by atoms with Crippen molar-refractivity contribution in [2.45, 2.75) is 17.9 Å². The Morgan fingerprint density at radius 2 is 1.78 bits per heavy atom. The van der Waals surface area contributed by atoms with E-state index >= 15 is 0 Å². The van der Waals surface area contributed by atoms with Gasteiger partial charge in [0.1, 0.15) is 4.90 Å². The number of nitrogens with one attached hydrogen (secondary N) is 1. The smallest absolute Gasteiger partial charge is 0.335 e. The van der Waals surface area contributed by atoms with Crippen molar-refractivity contribution in [3.8, 4) is 0 Å². The summed E-state index contributed by atoms with van der Waals surface area (Å²) in [5.74, 6) is -1.28. The molecule has 1 unspecified atom stereocenters. The van der Waals surface area contributed by atoms with Crippen LogP contribution in [0.4, 0.5) is 5.69 Å². The van der Waals surface area contributed by atoms with Crippen molar-refractivity contribution in [3.63, 3.8) is 0 Å². The lowest BCUT2D eigenvalue weighted by molar-refractivity contribution is 0.0696. The summed E-state index contributed by atoms with van der Waals surface area (Å²) < 4.78 is 23.5. The second-order valence-corrected chi connectivity index (χ2v) is 8.07. The number of carbonyl (C=O) groups is 1. The fourth-order valence-electron chi connectivity index (χ4n) is 2.83. The van der Waals surface area contributed by atoms with Gasteiger partial charge in [-0.15, -0.1) is 0 Å². The summed E-state index contributed by atoms with van der Waals surface area (Å²) in [5, 5.41) is 19.5. The molecule has 3 rings (SSSR count). The lowest BCUT2D eigenvalue weighted by Crippen LogP contribution is -2.16. The van der Waals surface area contributed by atoms with Gasteiger partial charge in [0.05, 0.1) is 16.3 Å². The quantitative estimate of drug-likeness (QED) is 0.595. The van der Waals surface area contributed by atoms with E-state index in [0.29, 0.717) is 0 Å². The molecule has 6 nitrogen and oxygen atoms in total. The van der Waals surface area contributed by atoms with Crippen LogP contribution >= 0.6 is 11.6 Å². The molecule has 3 aromatic rings. The Bertz CT molecular complexity index is 1150. The molecular formula is C19H17ClN2O4S. The molecule has 0 bridgehead atoms. The molecule has 0 fully saturated rings. The van der Waals surface area contributed by atoms with Crippen molar-refractivity contribution in [2.24, 2.45) is 5.14 Å². The van der Waals surface area contributed by atoms with Crippen molar-refractivity contribution in [2.75, 3.05) is 5.32 Å². The number of primary sulfonamides is 1. The molecule has 0 aliphatic rings. The highest BCUT2D eigenvalue weighted by atomic mass is 35.5. The second kappa shape index (κ2) is 7.19. The van der Waals surface area contributed by atoms with Crippen molar-refractivity contribution < 1.29 is 18.3 Å². The van der Waals surface area contributed by atoms with E-state index in [0.717, 1.165) is 22.4 Å². The van der Waals surface area contributed by atoms with Gasteiger partial charge in [0, 0.05) is 6.04 Å². The number of nitrogens with two attached hydrogens (primary N) is 1. The van der Waals surface area contributed by atoms with Crippen LogP contribution in [0.25, 0.3) is 10.8 Å². The molecule has 8 heteroatoms. The van der Waals surface area contributed by atoms with Gasteiger partial charge in [-0.25, -0.2) is 18.4 Å². The van der Waals surface area contributed by atoms with Gasteiger partial charge in [-0.3, -0.25) is 0 Å². The number of rotatable bonds is 5. The van der Waals surface area contributed by atoms with E-state index in [1.807, 2.05) is 49.4 Å². The van der Waals surface area contributed by atoms with E-state index < -0.39 is 20.9 Å². The predicted molar refractivity (Wildman–Crippen MR) is 106 cm³/mol. The van der Waals surface area contributed by atoms with Crippen LogP contribution < -0.4 is 10.5 Å². The third kappa shape index (κ3) is 4.05. The zero-order valence-electron chi connectivity index (χ0n) is 14.3. The maximum atomic E-state index is 11.8. The minimum Gasteiger partial charge on any atom is -0.478 e. The zero-order valence-corrected chi connectivity index (χ0v) is 15.9. The van der Waals surface area contributed by atoms with E-state index in [9.17, 15) is 18.3 Å². The number of fused-ring (bicyclic) bond motifs is 1. The minimum atomic E-state index is -4.18. The number of aromatic carboxylic acids is 1. The predicted octanol–water partition coefficient (Wildman–Crippen LogP) is 4.01. The van der Waals surface area contributed by atoms with Crippen LogP contribution in [0.3, 0.4) is 0 Å². The van der Waals surface area contributed by atoms with Gasteiger partial charge < -0.3 is 10.4 Å². The molecule has 140 valence electrons. The molecule has 4 N–H and O–H groups in total. The second-order valence-electron chi connectivity index (χ2n) is 6.16. The number of anilines is 1. The van der Waals surface area contributed by atoms with E-state index in [-0.39, 0.29) is 22.3 Å². The molecule has 3 aromatic carbocycles. The standard InChI is InChI=1S/C19H17ClN2O4S/c1-11(13-7-6-12-4-2-3-5-14(12)8-13)22-16-9-15(19(23)24)10-17(18(16)20)27(21,25)26/h2-11,22H,1H3,(H,23,24)(H2,21,25,26). The van der Waals surface area contributed by atoms with Crippen molar-refractivity contribution >= 4 is 44.1 Å². The third-order valence-electron chi connectivity index (χ3n) is 4.24. The Morgan fingerprint density at radius 1 is 1.11 bits per heavy atom. The van der Waals surface area contributed by atoms with Crippen LogP contribution in [0.5, 0.6) is 0 Å². The summed E-state index contributed by atoms with van der Waals surface area (Å²) in [7, 11) is -4.18. The van der Waals surface area contributed by atoms with Crippen LogP contribution in [0.15, 0.2) is 59.5 Å². The normalized spacial score (nSPS) is 12.7. The molecule has 0 saturated carbocycles. The first-order chi connectivity index (χ1) is 12.7. The average molecular weight is 405 g/mol. The molecular weight excluding hydrogens is 388 g/mol. The first-order valence-electron chi connectivity index (χ1n) is 8.01. The van der Waals surface area contributed by atoms with Crippen LogP contribution in [0, 0.1) is 0 Å². The summed E-state index contributed by atoms with van der Waals surface area (Å²) >= 11 is 6.18. The van der Waals surface area contributed by atoms with E-state index in [4.69, 9.17) is 16.7 Å². The van der Waals surface area contributed by atoms with Crippen molar-refractivity contribution in [1.29, 1.82) is 0 Å². The number of hydrogen-bond acceptors (Lipinski definition) is 4. The summed E-state index contributed by atoms with van der Waals surface area (Å²) in [4.78, 5) is 10.9. The molecule has 0 heterocycles. The minimum absolute atomic E-state index is 0.143. The molecule has 0 saturated heterocycles. The van der Waals surface area contributed by atoms with Crippen molar-refractivity contribution in [1.82, 2.24) is 0 Å². The van der Waals surface area contributed by atoms with Gasteiger partial charge in [0.25, 0.3) is 0 Å². The van der Waals surface area contributed by atoms with Gasteiger partial charge in [0.2, 0.25) is 10.0 Å². The highest BCUT2D eigenvalue weighted by Crippen LogP contribution is 2.33. The van der Waals surface area contributed by atoms with Gasteiger partial charge in [0.15, 0.2) is 0 Å². The fourth-order valence-corrected chi connectivity index (χ4v) is 3.96. The first kappa shape index (κ1) is 19.2. The maximum absolute atomic E-state index is 11.8. The molecule has 0 aliphatic heterocycles. The van der Waals surface area contributed by atoms with Gasteiger partial charge in [-0.05, 0) is 41.5 Å². The largest absolute Gasteiger partial charge is 0.478 e. The van der Waals surface area contributed by atoms with Crippen molar-refractivity contribution in [3.05, 3.63) is 70.7 Å². The Morgan fingerprint density at radius 3 is 2.41 bits per heavy atom. The summed E-state index contributed by atoms with van der Waals surface area (Å²) in [6.07, 6.45) is 0. The highest BCUT2D eigenvalue weighted by Gasteiger charge is 2.21. The Balaban J connectivity index is 2.02. The van der Waals surface area contributed by atoms with Crippen LogP contribution in [0.2, 0.25) is 5.02 Å². The Hall–Kier alpha value is -2.61. The molecule has 0 aromatic heterocycles. The molecule has 0 amide bonds. The SMILES string of the molecule is CC(Nc1cc(C(=O)O)cc(S(N)(=O)=O)c1Cl)c1ccc2ccccc2c1. The van der Waals surface area contributed by atoms with Gasteiger partial charge in [-0.2, -0.15) is 0 Å². The van der Waals surface area contributed by atoms with E-state index in [1.54, 1.807) is 0 Å². The van der Waals surface area contributed by atoms with Crippen LogP contribution in [-0.4, -0.2) is 19.5 Å². The molecule has 1 atom stereocenters. The number of hydrogen-bond donors (Lipinski definition) is 3. The summed E-state index contributed by atoms with van der Waals surface area (Å²) in [6.45, 7) is 1.87. The first-order valence-corrected chi connectivity index (χ1v) is 9.94. The Labute approximate surface area is 161 Å². The summed E-state index contributed by atoms with van der Waals surface area (Å²) in [6, 6.07) is 15.8. The monoisotopic (exact) mass is 404 g/mol. The highest BCUT2D eigenvalue weighted by molar-refractivity contribution is 7.89. The molecule has 27 heavy (non-hydrogen) atoms. The lowest BCUT2D eigenvalue weighted by Gasteiger charge is -2.19. The topological polar surface area (TPSA) is 109 Å². The number of sulfonamides is 1.